The minimum atomic E-state index is -5.83. The molecule has 0 aliphatic rings. The Morgan fingerprint density at radius 3 is 1.50 bits per heavy atom. The molecular formula is C2BF5KN. The van der Waals surface area contributed by atoms with Gasteiger partial charge in [0.15, 0.2) is 0 Å². The fraction of sp³-hybridized carbons (Fsp3) is 0.500. The minimum Gasteiger partial charge on any atom is -0.459 e. The number of nitriles is 1. The molecule has 0 atom stereocenters. The first-order valence-corrected chi connectivity index (χ1v) is 1.80. The predicted molar refractivity (Wildman–Crippen MR) is 19.6 cm³/mol. The van der Waals surface area contributed by atoms with E-state index in [1.54, 1.807) is 0 Å². The van der Waals surface area contributed by atoms with Gasteiger partial charge in [0.2, 0.25) is 0 Å². The van der Waals surface area contributed by atoms with E-state index in [1.807, 2.05) is 0 Å². The van der Waals surface area contributed by atoms with Crippen LogP contribution in [0.25, 0.3) is 0 Å². The molecular weight excluding hydrogens is 183 g/mol. The molecule has 0 fully saturated rings. The topological polar surface area (TPSA) is 23.8 Å². The second-order valence-corrected chi connectivity index (χ2v) is 1.33. The number of halogens is 5. The second-order valence-electron chi connectivity index (χ2n) is 1.33. The van der Waals surface area contributed by atoms with Crippen molar-refractivity contribution in [2.45, 2.75) is 6.08 Å². The molecule has 0 amide bonds. The third-order valence-corrected chi connectivity index (χ3v) is 0.573. The third-order valence-electron chi connectivity index (χ3n) is 0.573. The van der Waals surface area contributed by atoms with Gasteiger partial charge in [-0.25, -0.2) is 18.4 Å². The number of hydrogen-bond acceptors (Lipinski definition) is 1. The molecule has 0 radical (unpaired) electrons. The fourth-order valence-electron chi connectivity index (χ4n) is 0.0732. The molecule has 0 bridgehead atoms. The average molecular weight is 183 g/mol. The van der Waals surface area contributed by atoms with E-state index in [-0.39, 0.29) is 57.4 Å². The van der Waals surface area contributed by atoms with E-state index in [9.17, 15) is 21.8 Å². The van der Waals surface area contributed by atoms with E-state index >= 15 is 0 Å². The first-order valence-electron chi connectivity index (χ1n) is 1.80. The van der Waals surface area contributed by atoms with Gasteiger partial charge in [-0.15, -0.1) is 0 Å². The fourth-order valence-corrected chi connectivity index (χ4v) is 0.0732. The van der Waals surface area contributed by atoms with Gasteiger partial charge < -0.3 is 8.63 Å². The van der Waals surface area contributed by atoms with E-state index in [0.29, 0.717) is 0 Å². The monoisotopic (exact) mass is 183 g/mol. The van der Waals surface area contributed by atoms with Gasteiger partial charge in [-0.05, 0) is 0 Å². The summed E-state index contributed by atoms with van der Waals surface area (Å²) in [7, 11) is 0. The summed E-state index contributed by atoms with van der Waals surface area (Å²) in [6.45, 7) is -5.83. The molecule has 0 saturated carbocycles. The molecule has 0 aromatic rings. The summed E-state index contributed by atoms with van der Waals surface area (Å²) in [5.41, 5.74) is 0. The maximum Gasteiger partial charge on any atom is 1.00 e. The Balaban J connectivity index is 0. The second kappa shape index (κ2) is 4.02. The van der Waals surface area contributed by atoms with Crippen LogP contribution in [0.15, 0.2) is 0 Å². The van der Waals surface area contributed by atoms with E-state index in [2.05, 4.69) is 0 Å². The summed E-state index contributed by atoms with van der Waals surface area (Å²) >= 11 is 0. The maximum absolute atomic E-state index is 11.2. The van der Waals surface area contributed by atoms with Gasteiger partial charge in [-0.1, -0.05) is 5.97 Å². The molecule has 0 aromatic heterocycles. The van der Waals surface area contributed by atoms with Crippen molar-refractivity contribution in [2.24, 2.45) is 0 Å². The summed E-state index contributed by atoms with van der Waals surface area (Å²) in [4.78, 5) is 0. The summed E-state index contributed by atoms with van der Waals surface area (Å²) in [6.07, 6.45) is -5.69. The van der Waals surface area contributed by atoms with Crippen LogP contribution in [-0.2, 0) is 0 Å². The van der Waals surface area contributed by atoms with E-state index in [1.165, 1.54) is 0 Å². The quantitative estimate of drug-likeness (QED) is 0.332. The van der Waals surface area contributed by atoms with Crippen molar-refractivity contribution in [3.05, 3.63) is 0 Å². The van der Waals surface area contributed by atoms with Crippen molar-refractivity contribution in [1.29, 1.82) is 5.26 Å². The van der Waals surface area contributed by atoms with E-state index in [0.717, 1.165) is 0 Å². The SMILES string of the molecule is N#C[B-](F)(F)C(F)(F)F.[K+]. The maximum atomic E-state index is 11.2. The van der Waals surface area contributed by atoms with Gasteiger partial charge in [0.25, 0.3) is 0 Å². The third kappa shape index (κ3) is 3.30. The van der Waals surface area contributed by atoms with Crippen LogP contribution in [0.5, 0.6) is 0 Å². The molecule has 0 rings (SSSR count). The average Bonchev–Trinajstić information content (AvgIpc) is 1.64. The zero-order valence-corrected chi connectivity index (χ0v) is 8.04. The Hall–Kier alpha value is 0.841. The van der Waals surface area contributed by atoms with Crippen molar-refractivity contribution in [2.75, 3.05) is 0 Å². The first-order chi connectivity index (χ1) is 3.81. The summed E-state index contributed by atoms with van der Waals surface area (Å²) in [6, 6.07) is 0. The predicted octanol–water partition coefficient (Wildman–Crippen LogP) is -1.46. The molecule has 0 spiro atoms. The Kier molecular flexibility index (Phi) is 5.39. The first kappa shape index (κ1) is 13.4. The van der Waals surface area contributed by atoms with Crippen LogP contribution in [0.2, 0.25) is 0 Å². The smallest absolute Gasteiger partial charge is 0.459 e. The van der Waals surface area contributed by atoms with Crippen molar-refractivity contribution >= 4 is 6.70 Å². The zero-order valence-electron chi connectivity index (χ0n) is 4.91. The summed E-state index contributed by atoms with van der Waals surface area (Å²) < 4.78 is 55.1. The Bertz CT molecular complexity index is 147. The number of alkyl halides is 3. The van der Waals surface area contributed by atoms with Crippen molar-refractivity contribution in [3.8, 4) is 5.97 Å². The Labute approximate surface area is 96.0 Å². The van der Waals surface area contributed by atoms with Crippen LogP contribution in [-0.4, -0.2) is 12.8 Å². The standard InChI is InChI=1S/C2BF5N.K/c4-2(5,6)3(7,8)1-9;/q-1;+1. The number of hydrogen-bond donors (Lipinski definition) is 0. The molecule has 0 aliphatic carbocycles. The van der Waals surface area contributed by atoms with Crippen molar-refractivity contribution < 1.29 is 73.2 Å². The molecule has 1 nitrogen and oxygen atoms in total. The Morgan fingerprint density at radius 1 is 1.20 bits per heavy atom. The van der Waals surface area contributed by atoms with Gasteiger partial charge in [0.1, 0.15) is 0 Å². The summed E-state index contributed by atoms with van der Waals surface area (Å²) in [5, 5.41) is 7.24. The molecule has 0 unspecified atom stereocenters. The molecule has 0 saturated heterocycles. The zero-order chi connectivity index (χ0) is 7.71. The van der Waals surface area contributed by atoms with Crippen LogP contribution in [0, 0.1) is 11.2 Å². The largest absolute Gasteiger partial charge is 1.00 e. The van der Waals surface area contributed by atoms with Crippen LogP contribution in [0.4, 0.5) is 21.8 Å². The normalized spacial score (nSPS) is 11.6. The van der Waals surface area contributed by atoms with Gasteiger partial charge in [0, 0.05) is 0 Å². The van der Waals surface area contributed by atoms with Crippen molar-refractivity contribution in [3.63, 3.8) is 0 Å². The molecule has 52 valence electrons. The van der Waals surface area contributed by atoms with Crippen LogP contribution < -0.4 is 51.4 Å². The number of rotatable bonds is 0. The van der Waals surface area contributed by atoms with E-state index in [4.69, 9.17) is 5.26 Å². The van der Waals surface area contributed by atoms with Gasteiger partial charge in [0.05, 0.1) is 0 Å². The van der Waals surface area contributed by atoms with Crippen LogP contribution >= 0.6 is 0 Å². The Morgan fingerprint density at radius 2 is 1.50 bits per heavy atom. The molecule has 10 heavy (non-hydrogen) atoms. The van der Waals surface area contributed by atoms with Gasteiger partial charge in [-0.3, -0.25) is 0 Å². The molecule has 0 heterocycles. The van der Waals surface area contributed by atoms with Gasteiger partial charge >= 0.3 is 64.2 Å². The van der Waals surface area contributed by atoms with Crippen LogP contribution in [0.1, 0.15) is 0 Å². The molecule has 0 N–H and O–H groups in total. The number of nitrogens with zero attached hydrogens (tertiary/aromatic N) is 1. The van der Waals surface area contributed by atoms with E-state index < -0.39 is 12.8 Å². The molecule has 8 heteroatoms. The molecule has 0 aromatic carbocycles. The van der Waals surface area contributed by atoms with Crippen molar-refractivity contribution in [1.82, 2.24) is 0 Å². The minimum absolute atomic E-state index is 0. The van der Waals surface area contributed by atoms with Crippen LogP contribution in [0.3, 0.4) is 0 Å². The van der Waals surface area contributed by atoms with Gasteiger partial charge in [-0.2, -0.15) is 0 Å². The molecule has 0 aliphatic heterocycles. The summed E-state index contributed by atoms with van der Waals surface area (Å²) in [5.74, 6) is -0.115.